The molecule has 88 valence electrons. The predicted octanol–water partition coefficient (Wildman–Crippen LogP) is 1.84. The maximum absolute atomic E-state index is 9.33. The number of aliphatic hydroxyl groups is 1. The number of hydrogen-bond acceptors (Lipinski definition) is 2. The monoisotopic (exact) mass is 219 g/mol. The zero-order chi connectivity index (χ0) is 11.2. The van der Waals surface area contributed by atoms with Gasteiger partial charge < -0.3 is 10.4 Å². The van der Waals surface area contributed by atoms with Crippen molar-refractivity contribution in [3.63, 3.8) is 0 Å². The SMILES string of the molecule is OCC1CCNCC1CCc1ccccc1. The van der Waals surface area contributed by atoms with Crippen molar-refractivity contribution < 1.29 is 5.11 Å². The second-order valence-electron chi connectivity index (χ2n) is 4.72. The number of rotatable bonds is 4. The summed E-state index contributed by atoms with van der Waals surface area (Å²) < 4.78 is 0. The van der Waals surface area contributed by atoms with Crippen LogP contribution >= 0.6 is 0 Å². The summed E-state index contributed by atoms with van der Waals surface area (Å²) in [5.41, 5.74) is 1.41. The van der Waals surface area contributed by atoms with Crippen molar-refractivity contribution in [2.24, 2.45) is 11.8 Å². The van der Waals surface area contributed by atoms with E-state index in [0.717, 1.165) is 25.9 Å². The first-order chi connectivity index (χ1) is 7.90. The fourth-order valence-corrected chi connectivity index (χ4v) is 2.55. The average molecular weight is 219 g/mol. The number of benzene rings is 1. The molecular formula is C14H21NO. The van der Waals surface area contributed by atoms with Gasteiger partial charge in [0.15, 0.2) is 0 Å². The minimum atomic E-state index is 0.348. The Morgan fingerprint density at radius 3 is 2.75 bits per heavy atom. The third-order valence-electron chi connectivity index (χ3n) is 3.65. The molecular weight excluding hydrogens is 198 g/mol. The van der Waals surface area contributed by atoms with Gasteiger partial charge in [-0.15, -0.1) is 0 Å². The van der Waals surface area contributed by atoms with Crippen molar-refractivity contribution in [3.05, 3.63) is 35.9 Å². The topological polar surface area (TPSA) is 32.3 Å². The van der Waals surface area contributed by atoms with E-state index in [2.05, 4.69) is 35.6 Å². The predicted molar refractivity (Wildman–Crippen MR) is 66.3 cm³/mol. The fourth-order valence-electron chi connectivity index (χ4n) is 2.55. The molecule has 1 aliphatic rings. The molecule has 2 heteroatoms. The molecule has 0 aliphatic carbocycles. The first kappa shape index (κ1) is 11.6. The van der Waals surface area contributed by atoms with E-state index < -0.39 is 0 Å². The Morgan fingerprint density at radius 1 is 1.19 bits per heavy atom. The Kier molecular flexibility index (Phi) is 4.37. The Morgan fingerprint density at radius 2 is 2.00 bits per heavy atom. The van der Waals surface area contributed by atoms with Gasteiger partial charge in [0.05, 0.1) is 0 Å². The van der Waals surface area contributed by atoms with Gasteiger partial charge in [-0.05, 0) is 49.8 Å². The summed E-state index contributed by atoms with van der Waals surface area (Å²) in [6.45, 7) is 2.48. The van der Waals surface area contributed by atoms with Crippen LogP contribution in [0.5, 0.6) is 0 Å². The van der Waals surface area contributed by atoms with Crippen LogP contribution < -0.4 is 5.32 Å². The van der Waals surface area contributed by atoms with Crippen LogP contribution in [-0.2, 0) is 6.42 Å². The Hall–Kier alpha value is -0.860. The van der Waals surface area contributed by atoms with Crippen LogP contribution in [0.3, 0.4) is 0 Å². The summed E-state index contributed by atoms with van der Waals surface area (Å²) in [4.78, 5) is 0. The number of aryl methyl sites for hydroxylation is 1. The minimum absolute atomic E-state index is 0.348. The third-order valence-corrected chi connectivity index (χ3v) is 3.65. The van der Waals surface area contributed by atoms with E-state index in [1.54, 1.807) is 0 Å². The summed E-state index contributed by atoms with van der Waals surface area (Å²) in [6, 6.07) is 10.6. The molecule has 1 fully saturated rings. The molecule has 0 radical (unpaired) electrons. The first-order valence-corrected chi connectivity index (χ1v) is 6.25. The van der Waals surface area contributed by atoms with Crippen LogP contribution in [0.4, 0.5) is 0 Å². The van der Waals surface area contributed by atoms with Gasteiger partial charge >= 0.3 is 0 Å². The highest BCUT2D eigenvalue weighted by atomic mass is 16.3. The molecule has 0 bridgehead atoms. The van der Waals surface area contributed by atoms with Crippen molar-refractivity contribution in [1.29, 1.82) is 0 Å². The Bertz CT molecular complexity index is 299. The lowest BCUT2D eigenvalue weighted by atomic mass is 9.83. The second-order valence-corrected chi connectivity index (χ2v) is 4.72. The molecule has 1 saturated heterocycles. The molecule has 1 aromatic carbocycles. The molecule has 16 heavy (non-hydrogen) atoms. The standard InChI is InChI=1S/C14H21NO/c16-11-14-8-9-15-10-13(14)7-6-12-4-2-1-3-5-12/h1-5,13-16H,6-11H2. The largest absolute Gasteiger partial charge is 0.396 e. The normalized spacial score (nSPS) is 25.6. The molecule has 0 amide bonds. The van der Waals surface area contributed by atoms with Crippen molar-refractivity contribution in [1.82, 2.24) is 5.32 Å². The van der Waals surface area contributed by atoms with Crippen molar-refractivity contribution in [2.75, 3.05) is 19.7 Å². The van der Waals surface area contributed by atoms with E-state index in [1.807, 2.05) is 0 Å². The van der Waals surface area contributed by atoms with Gasteiger partial charge in [0.1, 0.15) is 0 Å². The number of aliphatic hydroxyl groups excluding tert-OH is 1. The highest BCUT2D eigenvalue weighted by Crippen LogP contribution is 2.23. The lowest BCUT2D eigenvalue weighted by Gasteiger charge is -2.30. The van der Waals surface area contributed by atoms with E-state index in [1.165, 1.54) is 12.0 Å². The molecule has 2 rings (SSSR count). The fraction of sp³-hybridized carbons (Fsp3) is 0.571. The first-order valence-electron chi connectivity index (χ1n) is 6.25. The summed E-state index contributed by atoms with van der Waals surface area (Å²) in [5.74, 6) is 1.14. The molecule has 2 nitrogen and oxygen atoms in total. The van der Waals surface area contributed by atoms with Crippen LogP contribution in [0.2, 0.25) is 0 Å². The van der Waals surface area contributed by atoms with Gasteiger partial charge in [0.2, 0.25) is 0 Å². The van der Waals surface area contributed by atoms with Crippen LogP contribution in [0, 0.1) is 11.8 Å². The summed E-state index contributed by atoms with van der Waals surface area (Å²) in [6.07, 6.45) is 3.43. The van der Waals surface area contributed by atoms with Gasteiger partial charge in [-0.2, -0.15) is 0 Å². The smallest absolute Gasteiger partial charge is 0.0462 e. The van der Waals surface area contributed by atoms with Crippen LogP contribution in [0.25, 0.3) is 0 Å². The Balaban J connectivity index is 1.84. The second kappa shape index (κ2) is 6.02. The van der Waals surface area contributed by atoms with Crippen molar-refractivity contribution in [2.45, 2.75) is 19.3 Å². The quantitative estimate of drug-likeness (QED) is 0.810. The molecule has 2 unspecified atom stereocenters. The summed E-state index contributed by atoms with van der Waals surface area (Å²) in [7, 11) is 0. The highest BCUT2D eigenvalue weighted by molar-refractivity contribution is 5.14. The maximum Gasteiger partial charge on any atom is 0.0462 e. The van der Waals surface area contributed by atoms with Gasteiger partial charge in [-0.1, -0.05) is 30.3 Å². The zero-order valence-corrected chi connectivity index (χ0v) is 9.73. The molecule has 1 aromatic rings. The van der Waals surface area contributed by atoms with Gasteiger partial charge in [0, 0.05) is 6.61 Å². The van der Waals surface area contributed by atoms with Crippen molar-refractivity contribution >= 4 is 0 Å². The highest BCUT2D eigenvalue weighted by Gasteiger charge is 2.23. The van der Waals surface area contributed by atoms with Gasteiger partial charge in [-0.3, -0.25) is 0 Å². The third kappa shape index (κ3) is 3.06. The van der Waals surface area contributed by atoms with Crippen molar-refractivity contribution in [3.8, 4) is 0 Å². The van der Waals surface area contributed by atoms with E-state index in [9.17, 15) is 5.11 Å². The molecule has 2 N–H and O–H groups in total. The molecule has 0 spiro atoms. The number of piperidine rings is 1. The van der Waals surface area contributed by atoms with E-state index in [0.29, 0.717) is 18.4 Å². The summed E-state index contributed by atoms with van der Waals surface area (Å²) in [5, 5.41) is 12.8. The number of hydrogen-bond donors (Lipinski definition) is 2. The Labute approximate surface area is 97.7 Å². The van der Waals surface area contributed by atoms with E-state index in [4.69, 9.17) is 0 Å². The van der Waals surface area contributed by atoms with Crippen LogP contribution in [0.15, 0.2) is 30.3 Å². The molecule has 1 aliphatic heterocycles. The molecule has 0 aromatic heterocycles. The summed E-state index contributed by atoms with van der Waals surface area (Å²) >= 11 is 0. The number of nitrogens with one attached hydrogen (secondary N) is 1. The van der Waals surface area contributed by atoms with E-state index >= 15 is 0 Å². The minimum Gasteiger partial charge on any atom is -0.396 e. The van der Waals surface area contributed by atoms with Gasteiger partial charge in [-0.25, -0.2) is 0 Å². The van der Waals surface area contributed by atoms with Crippen LogP contribution in [0.1, 0.15) is 18.4 Å². The van der Waals surface area contributed by atoms with E-state index in [-0.39, 0.29) is 0 Å². The molecule has 0 saturated carbocycles. The maximum atomic E-state index is 9.33. The lowest BCUT2D eigenvalue weighted by Crippen LogP contribution is -2.38. The molecule has 1 heterocycles. The van der Waals surface area contributed by atoms with Gasteiger partial charge in [0.25, 0.3) is 0 Å². The molecule has 2 atom stereocenters. The lowest BCUT2D eigenvalue weighted by molar-refractivity contribution is 0.138. The zero-order valence-electron chi connectivity index (χ0n) is 9.73. The average Bonchev–Trinajstić information content (AvgIpc) is 2.38. The van der Waals surface area contributed by atoms with Crippen LogP contribution in [-0.4, -0.2) is 24.8 Å².